The fourth-order valence-corrected chi connectivity index (χ4v) is 8.17. The van der Waals surface area contributed by atoms with Crippen LogP contribution in [0.25, 0.3) is 0 Å². The van der Waals surface area contributed by atoms with Gasteiger partial charge >= 0.3 is 12.1 Å². The molecule has 2 N–H and O–H groups in total. The molecule has 17 heteroatoms. The largest absolute Gasteiger partial charge is 0.469 e. The lowest BCUT2D eigenvalue weighted by Gasteiger charge is -2.38. The zero-order valence-corrected chi connectivity index (χ0v) is 32.2. The number of fused-ring (bicyclic) bond motifs is 2. The van der Waals surface area contributed by atoms with Gasteiger partial charge in [-0.3, -0.25) is 14.9 Å². The predicted octanol–water partition coefficient (Wildman–Crippen LogP) is 2.52. The lowest BCUT2D eigenvalue weighted by molar-refractivity contribution is -0.239. The van der Waals surface area contributed by atoms with Crippen LogP contribution in [-0.4, -0.2) is 122 Å². The smallest absolute Gasteiger partial charge is 0.409 e. The van der Waals surface area contributed by atoms with E-state index in [9.17, 15) is 14.4 Å². The summed E-state index contributed by atoms with van der Waals surface area (Å²) in [6.07, 6.45) is -8.42. The monoisotopic (exact) mass is 764 g/mol. The summed E-state index contributed by atoms with van der Waals surface area (Å²) in [7, 11) is 1.23. The Kier molecular flexibility index (Phi) is 10.1. The highest BCUT2D eigenvalue weighted by Crippen LogP contribution is 2.50. The Balaban J connectivity index is 1.20. The molecule has 6 saturated heterocycles. The van der Waals surface area contributed by atoms with Crippen LogP contribution in [0.15, 0.2) is 30.3 Å². The van der Waals surface area contributed by atoms with E-state index in [0.29, 0.717) is 0 Å². The molecule has 0 unspecified atom stereocenters. The number of hydrogen-bond donors (Lipinski definition) is 2. The van der Waals surface area contributed by atoms with Crippen molar-refractivity contribution >= 4 is 18.0 Å². The number of hydrogen-bond acceptors (Lipinski definition) is 15. The molecule has 0 radical (unpaired) electrons. The summed E-state index contributed by atoms with van der Waals surface area (Å²) < 4.78 is 73.4. The minimum Gasteiger partial charge on any atom is -0.469 e. The topological polar surface area (TPSA) is 186 Å². The van der Waals surface area contributed by atoms with Crippen LogP contribution >= 0.6 is 0 Å². The molecule has 17 nitrogen and oxygen atoms in total. The van der Waals surface area contributed by atoms with Gasteiger partial charge < -0.3 is 62.2 Å². The Labute approximate surface area is 314 Å². The van der Waals surface area contributed by atoms with Gasteiger partial charge in [0.15, 0.2) is 34.6 Å². The second-order valence-corrected chi connectivity index (χ2v) is 16.4. The van der Waals surface area contributed by atoms with Crippen molar-refractivity contribution in [3.05, 3.63) is 35.9 Å². The standard InChI is InChI=1S/C37H52N2O15/c1-32(2)45-18-21(47-32)25-27-29(53-34(5,6)49-27)36(51-25,39-31(42)44-17-20-13-11-10-12-14-20)15-23(40)38-37(16-24(41)43-9)30-28(50-35(7,8)54-30)26(52-37)22-19-46-33(3,4)48-22/h10-14,21-22,25-30H,15-19H2,1-9H3,(H,38,40)(H,39,42)/t21-,22-,25-,26-,27+,28+,29+,30+,36+,37+/m1/s1. The van der Waals surface area contributed by atoms with E-state index < -0.39 is 114 Å². The summed E-state index contributed by atoms with van der Waals surface area (Å²) in [5, 5.41) is 5.75. The fraction of sp³-hybridized carbons (Fsp3) is 0.757. The van der Waals surface area contributed by atoms with Gasteiger partial charge in [-0.05, 0) is 61.0 Å². The molecule has 6 aliphatic rings. The van der Waals surface area contributed by atoms with Crippen LogP contribution in [0.1, 0.15) is 73.8 Å². The minimum atomic E-state index is -1.88. The molecule has 0 saturated carbocycles. The molecule has 0 bridgehead atoms. The van der Waals surface area contributed by atoms with Crippen molar-refractivity contribution in [2.45, 2.75) is 158 Å². The first-order valence-electron chi connectivity index (χ1n) is 18.3. The van der Waals surface area contributed by atoms with Gasteiger partial charge in [-0.1, -0.05) is 30.3 Å². The maximum atomic E-state index is 14.6. The van der Waals surface area contributed by atoms with Crippen molar-refractivity contribution in [1.82, 2.24) is 10.6 Å². The van der Waals surface area contributed by atoms with E-state index in [4.69, 9.17) is 56.8 Å². The van der Waals surface area contributed by atoms with E-state index in [1.54, 1.807) is 55.4 Å². The SMILES string of the molecule is COC(=O)C[C@]1(NC(=O)C[C@]2(NC(=O)OCc3ccccc3)O[C@H]([C@H]3COC(C)(C)O3)[C@@H]3OC(C)(C)O[C@@H]32)O[C@H]([C@H]2COC(C)(C)O2)[C@@H]2OC(C)(C)O[C@@H]21. The van der Waals surface area contributed by atoms with E-state index in [2.05, 4.69) is 10.6 Å². The highest BCUT2D eigenvalue weighted by molar-refractivity contribution is 5.81. The summed E-state index contributed by atoms with van der Waals surface area (Å²) in [5.74, 6) is -5.46. The number of carbonyl (C=O) groups is 3. The van der Waals surface area contributed by atoms with Crippen molar-refractivity contribution in [3.63, 3.8) is 0 Å². The molecule has 6 heterocycles. The van der Waals surface area contributed by atoms with Gasteiger partial charge in [-0.15, -0.1) is 0 Å². The van der Waals surface area contributed by atoms with Crippen molar-refractivity contribution in [3.8, 4) is 0 Å². The number of esters is 1. The number of rotatable bonds is 10. The van der Waals surface area contributed by atoms with Crippen LogP contribution in [0.5, 0.6) is 0 Å². The van der Waals surface area contributed by atoms with Crippen molar-refractivity contribution < 1.29 is 71.2 Å². The van der Waals surface area contributed by atoms with Gasteiger partial charge in [-0.2, -0.15) is 0 Å². The number of benzene rings is 1. The quantitative estimate of drug-likeness (QED) is 0.331. The van der Waals surface area contributed by atoms with Gasteiger partial charge in [0.2, 0.25) is 5.91 Å². The molecule has 6 fully saturated rings. The van der Waals surface area contributed by atoms with Gasteiger partial charge in [0.1, 0.15) is 55.4 Å². The minimum absolute atomic E-state index is 0.0551. The van der Waals surface area contributed by atoms with Crippen LogP contribution in [0.3, 0.4) is 0 Å². The number of nitrogens with one attached hydrogen (secondary N) is 2. The number of ether oxygens (including phenoxy) is 12. The summed E-state index contributed by atoms with van der Waals surface area (Å²) in [4.78, 5) is 41.4. The molecule has 54 heavy (non-hydrogen) atoms. The van der Waals surface area contributed by atoms with Crippen LogP contribution in [0.2, 0.25) is 0 Å². The third kappa shape index (κ3) is 7.85. The first-order chi connectivity index (χ1) is 25.2. The Morgan fingerprint density at radius 2 is 1.13 bits per heavy atom. The zero-order chi connectivity index (χ0) is 38.9. The van der Waals surface area contributed by atoms with Crippen LogP contribution < -0.4 is 10.6 Å². The third-order valence-corrected chi connectivity index (χ3v) is 10.2. The molecular weight excluding hydrogens is 712 g/mol. The number of methoxy groups -OCH3 is 1. The van der Waals surface area contributed by atoms with E-state index in [1.165, 1.54) is 7.11 Å². The number of alkyl carbamates (subject to hydrolysis) is 1. The lowest BCUT2D eigenvalue weighted by atomic mass is 9.95. The fourth-order valence-electron chi connectivity index (χ4n) is 8.17. The Hall–Kier alpha value is -2.97. The molecule has 0 aliphatic carbocycles. The Bertz CT molecular complexity index is 1590. The average molecular weight is 765 g/mol. The van der Waals surface area contributed by atoms with Gasteiger partial charge in [-0.25, -0.2) is 4.79 Å². The summed E-state index contributed by atoms with van der Waals surface area (Å²) in [5.41, 5.74) is -2.94. The van der Waals surface area contributed by atoms with Crippen LogP contribution in [0, 0.1) is 0 Å². The van der Waals surface area contributed by atoms with E-state index in [-0.39, 0.29) is 19.8 Å². The number of carbonyl (C=O) groups excluding carboxylic acids is 3. The van der Waals surface area contributed by atoms with Gasteiger partial charge in [0.05, 0.1) is 33.2 Å². The Morgan fingerprint density at radius 3 is 1.59 bits per heavy atom. The molecule has 0 aromatic heterocycles. The zero-order valence-electron chi connectivity index (χ0n) is 32.2. The summed E-state index contributed by atoms with van der Waals surface area (Å²) in [6.45, 7) is 14.3. The molecule has 6 aliphatic heterocycles. The highest BCUT2D eigenvalue weighted by Gasteiger charge is 2.69. The summed E-state index contributed by atoms with van der Waals surface area (Å²) in [6, 6.07) is 9.13. The lowest BCUT2D eigenvalue weighted by Crippen LogP contribution is -2.63. The highest BCUT2D eigenvalue weighted by atomic mass is 16.8. The number of amides is 2. The van der Waals surface area contributed by atoms with E-state index >= 15 is 0 Å². The summed E-state index contributed by atoms with van der Waals surface area (Å²) >= 11 is 0. The molecule has 1 aromatic carbocycles. The molecular formula is C37H52N2O15. The molecule has 0 spiro atoms. The van der Waals surface area contributed by atoms with Gasteiger partial charge in [0, 0.05) is 0 Å². The van der Waals surface area contributed by atoms with E-state index in [1.807, 2.05) is 30.3 Å². The average Bonchev–Trinajstić information content (AvgIpc) is 3.90. The maximum absolute atomic E-state index is 14.6. The molecule has 1 aromatic rings. The van der Waals surface area contributed by atoms with Crippen LogP contribution in [-0.2, 0) is 73.0 Å². The maximum Gasteiger partial charge on any atom is 0.409 e. The van der Waals surface area contributed by atoms with Crippen LogP contribution in [0.4, 0.5) is 4.79 Å². The second kappa shape index (κ2) is 13.9. The first-order valence-corrected chi connectivity index (χ1v) is 18.3. The normalized spacial score (nSPS) is 39.5. The van der Waals surface area contributed by atoms with Crippen molar-refractivity contribution in [2.75, 3.05) is 20.3 Å². The second-order valence-electron chi connectivity index (χ2n) is 16.4. The molecule has 300 valence electrons. The molecule has 7 rings (SSSR count). The van der Waals surface area contributed by atoms with Crippen molar-refractivity contribution in [2.24, 2.45) is 0 Å². The third-order valence-electron chi connectivity index (χ3n) is 10.2. The van der Waals surface area contributed by atoms with E-state index in [0.717, 1.165) is 5.56 Å². The first kappa shape index (κ1) is 39.3. The Morgan fingerprint density at radius 1 is 0.630 bits per heavy atom. The molecule has 10 atom stereocenters. The predicted molar refractivity (Wildman–Crippen MR) is 182 cm³/mol. The molecule has 2 amide bonds. The van der Waals surface area contributed by atoms with Crippen molar-refractivity contribution in [1.29, 1.82) is 0 Å². The van der Waals surface area contributed by atoms with Gasteiger partial charge in [0.25, 0.3) is 0 Å².